The average molecular weight is 345 g/mol. The molecule has 6 nitrogen and oxygen atoms in total. The minimum Gasteiger partial charge on any atom is -0.382 e. The van der Waals surface area contributed by atoms with E-state index < -0.39 is 4.92 Å². The van der Waals surface area contributed by atoms with Gasteiger partial charge in [-0.3, -0.25) is 14.9 Å². The lowest BCUT2D eigenvalue weighted by molar-refractivity contribution is -0.385. The normalized spacial score (nSPS) is 24.0. The summed E-state index contributed by atoms with van der Waals surface area (Å²) in [5, 5.41) is 14.8. The Hall–Kier alpha value is -2.11. The molecule has 0 bridgehead atoms. The van der Waals surface area contributed by atoms with Crippen LogP contribution in [-0.4, -0.2) is 34.9 Å². The lowest BCUT2D eigenvalue weighted by atomic mass is 10.0. The van der Waals surface area contributed by atoms with E-state index in [4.69, 9.17) is 0 Å². The van der Waals surface area contributed by atoms with Crippen LogP contribution in [-0.2, 0) is 0 Å². The van der Waals surface area contributed by atoms with Crippen molar-refractivity contribution >= 4 is 17.3 Å². The largest absolute Gasteiger partial charge is 0.382 e. The summed E-state index contributed by atoms with van der Waals surface area (Å²) in [5.74, 6) is 0.540. The smallest absolute Gasteiger partial charge is 0.282 e. The van der Waals surface area contributed by atoms with Crippen LogP contribution in [0.15, 0.2) is 18.2 Å². The molecule has 1 aliphatic carbocycles. The molecule has 1 aromatic carbocycles. The van der Waals surface area contributed by atoms with E-state index in [-0.39, 0.29) is 17.2 Å². The Balaban J connectivity index is 1.79. The summed E-state index contributed by atoms with van der Waals surface area (Å²) in [7, 11) is 0. The standard InChI is InChI=1S/C19H27N3O3/c1-14-5-4-6-15(8-7-14)20-16-9-10-18(22(24)25)17(13-16)19(23)21-11-2-3-12-21/h9-10,13-15,20H,2-8,11-12H2,1H3. The zero-order valence-corrected chi connectivity index (χ0v) is 14.9. The molecule has 2 atom stereocenters. The molecule has 0 spiro atoms. The fourth-order valence-electron chi connectivity index (χ4n) is 3.91. The Labute approximate surface area is 148 Å². The number of benzene rings is 1. The number of nitrogens with one attached hydrogen (secondary N) is 1. The number of amides is 1. The van der Waals surface area contributed by atoms with Crippen LogP contribution >= 0.6 is 0 Å². The maximum atomic E-state index is 12.7. The quantitative estimate of drug-likeness (QED) is 0.504. The van der Waals surface area contributed by atoms with Crippen molar-refractivity contribution in [3.05, 3.63) is 33.9 Å². The van der Waals surface area contributed by atoms with Gasteiger partial charge in [0.05, 0.1) is 4.92 Å². The summed E-state index contributed by atoms with van der Waals surface area (Å²) in [5.41, 5.74) is 0.920. The van der Waals surface area contributed by atoms with Crippen molar-refractivity contribution in [1.82, 2.24) is 4.90 Å². The molecule has 136 valence electrons. The van der Waals surface area contributed by atoms with Crippen LogP contribution in [0.2, 0.25) is 0 Å². The minimum absolute atomic E-state index is 0.100. The molecule has 2 fully saturated rings. The van der Waals surface area contributed by atoms with Gasteiger partial charge in [0.1, 0.15) is 5.56 Å². The van der Waals surface area contributed by atoms with Crippen molar-refractivity contribution in [2.75, 3.05) is 18.4 Å². The molecule has 3 rings (SSSR count). The molecule has 6 heteroatoms. The highest BCUT2D eigenvalue weighted by Gasteiger charge is 2.27. The second-order valence-electron chi connectivity index (χ2n) is 7.44. The lowest BCUT2D eigenvalue weighted by Gasteiger charge is -2.19. The predicted octanol–water partition coefficient (Wildman–Crippen LogP) is 4.21. The van der Waals surface area contributed by atoms with Crippen molar-refractivity contribution in [2.45, 2.75) is 57.9 Å². The summed E-state index contributed by atoms with van der Waals surface area (Å²) in [6, 6.07) is 5.24. The molecule has 1 saturated heterocycles. The number of nitrogens with zero attached hydrogens (tertiary/aromatic N) is 2. The molecule has 1 heterocycles. The maximum absolute atomic E-state index is 12.7. The number of rotatable bonds is 4. The van der Waals surface area contributed by atoms with Gasteiger partial charge in [-0.15, -0.1) is 0 Å². The van der Waals surface area contributed by atoms with Gasteiger partial charge in [-0.05, 0) is 50.2 Å². The van der Waals surface area contributed by atoms with Crippen LogP contribution in [0.25, 0.3) is 0 Å². The number of likely N-dealkylation sites (tertiary alicyclic amines) is 1. The first-order valence-corrected chi connectivity index (χ1v) is 9.39. The molecule has 0 radical (unpaired) electrons. The van der Waals surface area contributed by atoms with Gasteiger partial charge < -0.3 is 10.2 Å². The number of carbonyl (C=O) groups excluding carboxylic acids is 1. The first kappa shape index (κ1) is 17.7. The van der Waals surface area contributed by atoms with Crippen molar-refractivity contribution in [1.29, 1.82) is 0 Å². The van der Waals surface area contributed by atoms with E-state index in [1.54, 1.807) is 17.0 Å². The molecule has 1 amide bonds. The van der Waals surface area contributed by atoms with Crippen LogP contribution in [0.4, 0.5) is 11.4 Å². The van der Waals surface area contributed by atoms with E-state index in [0.29, 0.717) is 19.1 Å². The number of hydrogen-bond donors (Lipinski definition) is 1. The zero-order valence-electron chi connectivity index (χ0n) is 14.9. The van der Waals surface area contributed by atoms with Gasteiger partial charge in [0.15, 0.2) is 0 Å². The van der Waals surface area contributed by atoms with Gasteiger partial charge in [-0.1, -0.05) is 19.8 Å². The summed E-state index contributed by atoms with van der Waals surface area (Å²) in [4.78, 5) is 25.3. The van der Waals surface area contributed by atoms with Gasteiger partial charge in [0, 0.05) is 30.9 Å². The van der Waals surface area contributed by atoms with Crippen molar-refractivity contribution < 1.29 is 9.72 Å². The third-order valence-corrected chi connectivity index (χ3v) is 5.45. The van der Waals surface area contributed by atoms with Crippen LogP contribution in [0.5, 0.6) is 0 Å². The molecular weight excluding hydrogens is 318 g/mol. The molecule has 2 unspecified atom stereocenters. The third-order valence-electron chi connectivity index (χ3n) is 5.45. The van der Waals surface area contributed by atoms with E-state index in [1.807, 2.05) is 0 Å². The molecule has 1 N–H and O–H groups in total. The van der Waals surface area contributed by atoms with E-state index >= 15 is 0 Å². The zero-order chi connectivity index (χ0) is 17.8. The number of carbonyl (C=O) groups is 1. The van der Waals surface area contributed by atoms with Gasteiger partial charge >= 0.3 is 0 Å². The van der Waals surface area contributed by atoms with Crippen molar-refractivity contribution in [2.24, 2.45) is 5.92 Å². The Morgan fingerprint density at radius 2 is 1.92 bits per heavy atom. The first-order valence-electron chi connectivity index (χ1n) is 9.39. The number of anilines is 1. The van der Waals surface area contributed by atoms with Crippen LogP contribution in [0, 0.1) is 16.0 Å². The highest BCUT2D eigenvalue weighted by Crippen LogP contribution is 2.29. The van der Waals surface area contributed by atoms with E-state index in [0.717, 1.165) is 37.3 Å². The summed E-state index contributed by atoms with van der Waals surface area (Å²) in [6.45, 7) is 3.67. The lowest BCUT2D eigenvalue weighted by Crippen LogP contribution is -2.28. The second kappa shape index (κ2) is 7.85. The van der Waals surface area contributed by atoms with Crippen LogP contribution in [0.1, 0.15) is 62.2 Å². The third kappa shape index (κ3) is 4.30. The fraction of sp³-hybridized carbons (Fsp3) is 0.632. The Morgan fingerprint density at radius 1 is 1.16 bits per heavy atom. The van der Waals surface area contributed by atoms with Gasteiger partial charge in [-0.25, -0.2) is 0 Å². The van der Waals surface area contributed by atoms with E-state index in [2.05, 4.69) is 12.2 Å². The second-order valence-corrected chi connectivity index (χ2v) is 7.44. The Kier molecular flexibility index (Phi) is 5.56. The van der Waals surface area contributed by atoms with Gasteiger partial charge in [-0.2, -0.15) is 0 Å². The molecule has 1 saturated carbocycles. The molecule has 0 aromatic heterocycles. The highest BCUT2D eigenvalue weighted by atomic mass is 16.6. The fourth-order valence-corrected chi connectivity index (χ4v) is 3.91. The molecular formula is C19H27N3O3. The number of nitro benzene ring substituents is 1. The van der Waals surface area contributed by atoms with Crippen LogP contribution in [0.3, 0.4) is 0 Å². The first-order chi connectivity index (χ1) is 12.0. The van der Waals surface area contributed by atoms with Crippen LogP contribution < -0.4 is 5.32 Å². The molecule has 25 heavy (non-hydrogen) atoms. The number of nitro groups is 1. The van der Waals surface area contributed by atoms with Gasteiger partial charge in [0.2, 0.25) is 0 Å². The van der Waals surface area contributed by atoms with Crippen molar-refractivity contribution in [3.8, 4) is 0 Å². The monoisotopic (exact) mass is 345 g/mol. The minimum atomic E-state index is -0.458. The summed E-state index contributed by atoms with van der Waals surface area (Å²) < 4.78 is 0. The Bertz CT molecular complexity index is 641. The average Bonchev–Trinajstić information content (AvgIpc) is 3.05. The summed E-state index contributed by atoms with van der Waals surface area (Å²) in [6.07, 6.45) is 7.81. The predicted molar refractivity (Wildman–Crippen MR) is 97.9 cm³/mol. The molecule has 1 aliphatic heterocycles. The molecule has 2 aliphatic rings. The van der Waals surface area contributed by atoms with E-state index in [1.165, 1.54) is 25.3 Å². The summed E-state index contributed by atoms with van der Waals surface area (Å²) >= 11 is 0. The number of hydrogen-bond acceptors (Lipinski definition) is 4. The highest BCUT2D eigenvalue weighted by molar-refractivity contribution is 5.99. The molecule has 1 aromatic rings. The SMILES string of the molecule is CC1CCCC(Nc2ccc([N+](=O)[O-])c(C(=O)N3CCCC3)c2)CC1. The van der Waals surface area contributed by atoms with Crippen molar-refractivity contribution in [3.63, 3.8) is 0 Å². The maximum Gasteiger partial charge on any atom is 0.282 e. The topological polar surface area (TPSA) is 75.5 Å². The Morgan fingerprint density at radius 3 is 2.64 bits per heavy atom. The van der Waals surface area contributed by atoms with Gasteiger partial charge in [0.25, 0.3) is 11.6 Å². The van der Waals surface area contributed by atoms with E-state index in [9.17, 15) is 14.9 Å².